The number of alkyl halides is 3. The zero-order chi connectivity index (χ0) is 12.5. The Morgan fingerprint density at radius 1 is 1.29 bits per heavy atom. The number of hydrogen-bond donors (Lipinski definition) is 0. The molecule has 2 unspecified atom stereocenters. The van der Waals surface area contributed by atoms with E-state index in [1.54, 1.807) is 6.08 Å². The average molecular weight is 248 g/mol. The van der Waals surface area contributed by atoms with Gasteiger partial charge in [0.1, 0.15) is 0 Å². The van der Waals surface area contributed by atoms with Crippen LogP contribution < -0.4 is 0 Å². The molecule has 1 heterocycles. The van der Waals surface area contributed by atoms with Gasteiger partial charge in [-0.05, 0) is 18.9 Å². The van der Waals surface area contributed by atoms with Crippen LogP contribution in [0.3, 0.4) is 0 Å². The fourth-order valence-corrected chi connectivity index (χ4v) is 2.61. The largest absolute Gasteiger partial charge is 0.490 e. The summed E-state index contributed by atoms with van der Waals surface area (Å²) < 4.78 is 43.6. The van der Waals surface area contributed by atoms with E-state index in [9.17, 15) is 18.0 Å². The number of carbonyl (C=O) groups is 1. The third-order valence-corrected chi connectivity index (χ3v) is 3.47. The molecule has 0 spiro atoms. The summed E-state index contributed by atoms with van der Waals surface area (Å²) in [6.45, 7) is 0.407. The van der Waals surface area contributed by atoms with Gasteiger partial charge in [0.25, 0.3) is 0 Å². The van der Waals surface area contributed by atoms with Crippen molar-refractivity contribution in [1.82, 2.24) is 0 Å². The first-order valence-electron chi connectivity index (χ1n) is 5.94. The highest BCUT2D eigenvalue weighted by atomic mass is 19.4. The van der Waals surface area contributed by atoms with Gasteiger partial charge >= 0.3 is 6.18 Å². The van der Waals surface area contributed by atoms with E-state index in [-0.39, 0.29) is 12.2 Å². The van der Waals surface area contributed by atoms with E-state index in [1.807, 2.05) is 0 Å². The lowest BCUT2D eigenvalue weighted by Gasteiger charge is -2.31. The Balaban J connectivity index is 2.13. The van der Waals surface area contributed by atoms with E-state index in [0.29, 0.717) is 32.3 Å². The molecule has 96 valence electrons. The molecule has 0 aromatic carbocycles. The summed E-state index contributed by atoms with van der Waals surface area (Å²) >= 11 is 0. The molecular weight excluding hydrogens is 233 g/mol. The summed E-state index contributed by atoms with van der Waals surface area (Å²) in [5.74, 6) is -2.74. The SMILES string of the molecule is O=C(C1=CCCO1)C1CCCCC1C(F)(F)F. The maximum absolute atomic E-state index is 12.8. The molecule has 2 atom stereocenters. The van der Waals surface area contributed by atoms with E-state index in [1.165, 1.54) is 0 Å². The van der Waals surface area contributed by atoms with Gasteiger partial charge in [0.05, 0.1) is 12.5 Å². The Morgan fingerprint density at radius 2 is 2.00 bits per heavy atom. The molecule has 0 aromatic heterocycles. The first kappa shape index (κ1) is 12.5. The molecule has 5 heteroatoms. The molecule has 0 saturated heterocycles. The molecule has 2 aliphatic rings. The van der Waals surface area contributed by atoms with Crippen molar-refractivity contribution in [3.63, 3.8) is 0 Å². The van der Waals surface area contributed by atoms with Gasteiger partial charge in [0, 0.05) is 12.3 Å². The highest BCUT2D eigenvalue weighted by Crippen LogP contribution is 2.42. The third kappa shape index (κ3) is 2.64. The fraction of sp³-hybridized carbons (Fsp3) is 0.750. The van der Waals surface area contributed by atoms with E-state index < -0.39 is 23.8 Å². The van der Waals surface area contributed by atoms with Crippen molar-refractivity contribution in [2.24, 2.45) is 11.8 Å². The number of allylic oxidation sites excluding steroid dienone is 1. The van der Waals surface area contributed by atoms with Gasteiger partial charge in [0.15, 0.2) is 5.76 Å². The van der Waals surface area contributed by atoms with Crippen molar-refractivity contribution in [3.05, 3.63) is 11.8 Å². The Labute approximate surface area is 97.8 Å². The third-order valence-electron chi connectivity index (χ3n) is 3.47. The summed E-state index contributed by atoms with van der Waals surface area (Å²) in [6.07, 6.45) is -0.435. The first-order chi connectivity index (χ1) is 8.00. The van der Waals surface area contributed by atoms with E-state index >= 15 is 0 Å². The smallest absolute Gasteiger partial charge is 0.392 e. The van der Waals surface area contributed by atoms with Gasteiger partial charge in [-0.2, -0.15) is 13.2 Å². The van der Waals surface area contributed by atoms with Crippen LogP contribution in [0.25, 0.3) is 0 Å². The second-order valence-corrected chi connectivity index (χ2v) is 4.61. The molecule has 0 bridgehead atoms. The van der Waals surface area contributed by atoms with Crippen LogP contribution in [0.2, 0.25) is 0 Å². The van der Waals surface area contributed by atoms with Crippen LogP contribution in [0.15, 0.2) is 11.8 Å². The van der Waals surface area contributed by atoms with Crippen LogP contribution in [0.5, 0.6) is 0 Å². The van der Waals surface area contributed by atoms with Gasteiger partial charge in [-0.15, -0.1) is 0 Å². The number of ketones is 1. The molecule has 2 nitrogen and oxygen atoms in total. The Kier molecular flexibility index (Phi) is 3.45. The zero-order valence-electron chi connectivity index (χ0n) is 9.43. The van der Waals surface area contributed by atoms with Crippen molar-refractivity contribution < 1.29 is 22.7 Å². The number of hydrogen-bond acceptors (Lipinski definition) is 2. The summed E-state index contributed by atoms with van der Waals surface area (Å²) in [4.78, 5) is 12.0. The van der Waals surface area contributed by atoms with Crippen LogP contribution in [-0.2, 0) is 9.53 Å². The number of halogens is 3. The average Bonchev–Trinajstić information content (AvgIpc) is 2.80. The van der Waals surface area contributed by atoms with E-state index in [0.717, 1.165) is 0 Å². The van der Waals surface area contributed by atoms with Crippen molar-refractivity contribution in [1.29, 1.82) is 0 Å². The highest BCUT2D eigenvalue weighted by molar-refractivity contribution is 5.95. The second-order valence-electron chi connectivity index (χ2n) is 4.61. The van der Waals surface area contributed by atoms with Gasteiger partial charge in [-0.3, -0.25) is 4.79 Å². The highest BCUT2D eigenvalue weighted by Gasteiger charge is 2.48. The van der Waals surface area contributed by atoms with Crippen molar-refractivity contribution >= 4 is 5.78 Å². The quantitative estimate of drug-likeness (QED) is 0.750. The number of carbonyl (C=O) groups excluding carboxylic acids is 1. The van der Waals surface area contributed by atoms with E-state index in [4.69, 9.17) is 4.74 Å². The molecule has 0 aromatic rings. The molecule has 1 fully saturated rings. The predicted molar refractivity (Wildman–Crippen MR) is 55.2 cm³/mol. The van der Waals surface area contributed by atoms with Crippen LogP contribution in [-0.4, -0.2) is 18.6 Å². The van der Waals surface area contributed by atoms with E-state index in [2.05, 4.69) is 0 Å². The minimum absolute atomic E-state index is 0.0627. The number of rotatable bonds is 2. The fourth-order valence-electron chi connectivity index (χ4n) is 2.61. The molecule has 1 aliphatic heterocycles. The topological polar surface area (TPSA) is 26.3 Å². The van der Waals surface area contributed by atoms with Gasteiger partial charge in [-0.1, -0.05) is 12.8 Å². The number of Topliss-reactive ketones (excluding diaryl/α,β-unsaturated/α-hetero) is 1. The van der Waals surface area contributed by atoms with Gasteiger partial charge in [0.2, 0.25) is 5.78 Å². The Bertz CT molecular complexity index is 333. The Morgan fingerprint density at radius 3 is 2.59 bits per heavy atom. The van der Waals surface area contributed by atoms with Crippen LogP contribution in [0.4, 0.5) is 13.2 Å². The standard InChI is InChI=1S/C12H15F3O2/c13-12(14,15)9-5-2-1-4-8(9)11(16)10-6-3-7-17-10/h6,8-9H,1-5,7H2. The lowest BCUT2D eigenvalue weighted by molar-refractivity contribution is -0.197. The molecule has 0 amide bonds. The lowest BCUT2D eigenvalue weighted by Crippen LogP contribution is -2.37. The minimum Gasteiger partial charge on any atom is -0.490 e. The summed E-state index contributed by atoms with van der Waals surface area (Å²) in [6, 6.07) is 0. The number of ether oxygens (including phenoxy) is 1. The monoisotopic (exact) mass is 248 g/mol. The summed E-state index contributed by atoms with van der Waals surface area (Å²) in [7, 11) is 0. The first-order valence-corrected chi connectivity index (χ1v) is 5.94. The molecule has 17 heavy (non-hydrogen) atoms. The summed E-state index contributed by atoms with van der Waals surface area (Å²) in [5.41, 5.74) is 0. The molecule has 1 aliphatic carbocycles. The van der Waals surface area contributed by atoms with Gasteiger partial charge in [-0.25, -0.2) is 0 Å². The second kappa shape index (κ2) is 4.70. The van der Waals surface area contributed by atoms with Crippen molar-refractivity contribution in [2.45, 2.75) is 38.3 Å². The molecule has 0 radical (unpaired) electrons. The Hall–Kier alpha value is -1.00. The minimum atomic E-state index is -4.28. The van der Waals surface area contributed by atoms with Crippen LogP contribution >= 0.6 is 0 Å². The molecule has 0 N–H and O–H groups in total. The maximum Gasteiger partial charge on any atom is 0.392 e. The van der Waals surface area contributed by atoms with Crippen LogP contribution in [0.1, 0.15) is 32.1 Å². The van der Waals surface area contributed by atoms with Crippen molar-refractivity contribution in [3.8, 4) is 0 Å². The lowest BCUT2D eigenvalue weighted by atomic mass is 9.76. The van der Waals surface area contributed by atoms with Crippen molar-refractivity contribution in [2.75, 3.05) is 6.61 Å². The zero-order valence-corrected chi connectivity index (χ0v) is 9.43. The van der Waals surface area contributed by atoms with Gasteiger partial charge < -0.3 is 4.74 Å². The molecular formula is C12H15F3O2. The van der Waals surface area contributed by atoms with Crippen LogP contribution in [0, 0.1) is 11.8 Å². The predicted octanol–water partition coefficient (Wildman–Crippen LogP) is 3.23. The normalized spacial score (nSPS) is 29.7. The molecule has 1 saturated carbocycles. The maximum atomic E-state index is 12.8. The molecule has 2 rings (SSSR count). The summed E-state index contributed by atoms with van der Waals surface area (Å²) in [5, 5.41) is 0.